The molecule has 0 aliphatic rings. The molecular formula is C24H16I2O3. The van der Waals surface area contributed by atoms with Crippen molar-refractivity contribution in [3.8, 4) is 34.5 Å². The van der Waals surface area contributed by atoms with E-state index in [-0.39, 0.29) is 0 Å². The number of para-hydroxylation sites is 2. The molecule has 4 rings (SSSR count). The highest BCUT2D eigenvalue weighted by molar-refractivity contribution is 14.1. The molecular weight excluding hydrogens is 590 g/mol. The van der Waals surface area contributed by atoms with E-state index in [1.54, 1.807) is 0 Å². The third-order valence-electron chi connectivity index (χ3n) is 4.01. The molecule has 0 radical (unpaired) electrons. The molecule has 0 amide bonds. The molecule has 0 saturated heterocycles. The molecule has 0 saturated carbocycles. The summed E-state index contributed by atoms with van der Waals surface area (Å²) in [6, 6.07) is 31.0. The third kappa shape index (κ3) is 5.42. The minimum atomic E-state index is 0.742. The normalized spacial score (nSPS) is 10.4. The molecule has 0 fully saturated rings. The highest BCUT2D eigenvalue weighted by Crippen LogP contribution is 2.31. The lowest BCUT2D eigenvalue weighted by Crippen LogP contribution is -1.89. The van der Waals surface area contributed by atoms with Crippen LogP contribution in [0.5, 0.6) is 34.5 Å². The Morgan fingerprint density at radius 2 is 0.690 bits per heavy atom. The summed E-state index contributed by atoms with van der Waals surface area (Å²) in [6.07, 6.45) is 0. The van der Waals surface area contributed by atoms with Crippen molar-refractivity contribution in [1.29, 1.82) is 0 Å². The third-order valence-corrected chi connectivity index (χ3v) is 5.79. The molecule has 0 aliphatic carbocycles. The van der Waals surface area contributed by atoms with Crippen LogP contribution in [0.2, 0.25) is 0 Å². The lowest BCUT2D eigenvalue weighted by Gasteiger charge is -2.10. The molecule has 0 atom stereocenters. The Hall–Kier alpha value is -2.26. The van der Waals surface area contributed by atoms with E-state index in [2.05, 4.69) is 45.2 Å². The van der Waals surface area contributed by atoms with Crippen molar-refractivity contribution in [3.05, 3.63) is 104 Å². The van der Waals surface area contributed by atoms with Gasteiger partial charge in [0.05, 0.1) is 7.14 Å². The monoisotopic (exact) mass is 606 g/mol. The van der Waals surface area contributed by atoms with Crippen LogP contribution in [0.1, 0.15) is 0 Å². The standard InChI is InChI=1S/C24H16I2O3/c25-21-5-1-3-7-23(21)28-19-13-9-17(10-14-19)27-18-11-15-20(16-12-18)29-24-8-4-2-6-22(24)26/h1-16H. The molecule has 0 N–H and O–H groups in total. The topological polar surface area (TPSA) is 27.7 Å². The van der Waals surface area contributed by atoms with Crippen molar-refractivity contribution in [2.24, 2.45) is 0 Å². The van der Waals surface area contributed by atoms with Gasteiger partial charge in [-0.3, -0.25) is 0 Å². The Labute approximate surface area is 196 Å². The van der Waals surface area contributed by atoms with Gasteiger partial charge in [0.15, 0.2) is 0 Å². The van der Waals surface area contributed by atoms with Gasteiger partial charge in [0.25, 0.3) is 0 Å². The van der Waals surface area contributed by atoms with Crippen LogP contribution in [0.4, 0.5) is 0 Å². The maximum atomic E-state index is 5.92. The SMILES string of the molecule is Ic1ccccc1Oc1ccc(Oc2ccc(Oc3ccccc3I)cc2)cc1. The van der Waals surface area contributed by atoms with Crippen molar-refractivity contribution in [3.63, 3.8) is 0 Å². The molecule has 0 heterocycles. The summed E-state index contributed by atoms with van der Waals surface area (Å²) in [5, 5.41) is 0. The first-order valence-corrected chi connectivity index (χ1v) is 11.1. The second kappa shape index (κ2) is 9.49. The number of hydrogen-bond acceptors (Lipinski definition) is 3. The fourth-order valence-electron chi connectivity index (χ4n) is 2.60. The second-order valence-corrected chi connectivity index (χ2v) is 8.43. The number of rotatable bonds is 6. The van der Waals surface area contributed by atoms with Gasteiger partial charge in [0.1, 0.15) is 34.5 Å². The zero-order valence-corrected chi connectivity index (χ0v) is 19.5. The molecule has 0 aliphatic heterocycles. The van der Waals surface area contributed by atoms with Gasteiger partial charge in [-0.25, -0.2) is 0 Å². The molecule has 144 valence electrons. The van der Waals surface area contributed by atoms with E-state index in [0.29, 0.717) is 0 Å². The molecule has 4 aromatic rings. The van der Waals surface area contributed by atoms with E-state index in [1.807, 2.05) is 97.1 Å². The summed E-state index contributed by atoms with van der Waals surface area (Å²) in [6.45, 7) is 0. The first-order chi connectivity index (χ1) is 14.2. The molecule has 29 heavy (non-hydrogen) atoms. The van der Waals surface area contributed by atoms with E-state index < -0.39 is 0 Å². The summed E-state index contributed by atoms with van der Waals surface area (Å²) in [7, 11) is 0. The van der Waals surface area contributed by atoms with Crippen molar-refractivity contribution in [2.45, 2.75) is 0 Å². The van der Waals surface area contributed by atoms with Crippen LogP contribution < -0.4 is 14.2 Å². The minimum Gasteiger partial charge on any atom is -0.457 e. The van der Waals surface area contributed by atoms with Gasteiger partial charge in [-0.2, -0.15) is 0 Å². The fraction of sp³-hybridized carbons (Fsp3) is 0. The summed E-state index contributed by atoms with van der Waals surface area (Å²) in [5.41, 5.74) is 0. The highest BCUT2D eigenvalue weighted by atomic mass is 127. The highest BCUT2D eigenvalue weighted by Gasteiger charge is 2.05. The first-order valence-electron chi connectivity index (χ1n) is 8.90. The summed E-state index contributed by atoms with van der Waals surface area (Å²) < 4.78 is 19.9. The van der Waals surface area contributed by atoms with Crippen LogP contribution in [0, 0.1) is 7.14 Å². The quantitative estimate of drug-likeness (QED) is 0.207. The van der Waals surface area contributed by atoms with Crippen molar-refractivity contribution >= 4 is 45.2 Å². The van der Waals surface area contributed by atoms with Gasteiger partial charge in [-0.05, 0) is 118 Å². The van der Waals surface area contributed by atoms with Crippen molar-refractivity contribution in [1.82, 2.24) is 0 Å². The number of ether oxygens (including phenoxy) is 3. The minimum absolute atomic E-state index is 0.742. The van der Waals surface area contributed by atoms with Crippen LogP contribution in [-0.2, 0) is 0 Å². The predicted octanol–water partition coefficient (Wildman–Crippen LogP) is 8.27. The fourth-order valence-corrected chi connectivity index (χ4v) is 3.59. The number of benzene rings is 4. The van der Waals surface area contributed by atoms with Crippen LogP contribution in [0.25, 0.3) is 0 Å². The second-order valence-electron chi connectivity index (χ2n) is 6.11. The lowest BCUT2D eigenvalue weighted by atomic mass is 10.3. The zero-order chi connectivity index (χ0) is 20.1. The van der Waals surface area contributed by atoms with Crippen LogP contribution in [0.15, 0.2) is 97.1 Å². The Kier molecular flexibility index (Phi) is 6.56. The van der Waals surface area contributed by atoms with E-state index in [9.17, 15) is 0 Å². The maximum Gasteiger partial charge on any atom is 0.140 e. The van der Waals surface area contributed by atoms with Crippen molar-refractivity contribution < 1.29 is 14.2 Å². The largest absolute Gasteiger partial charge is 0.457 e. The van der Waals surface area contributed by atoms with Gasteiger partial charge in [-0.15, -0.1) is 0 Å². The number of halogens is 2. The number of hydrogen-bond donors (Lipinski definition) is 0. The van der Waals surface area contributed by atoms with E-state index in [0.717, 1.165) is 41.6 Å². The van der Waals surface area contributed by atoms with Gasteiger partial charge in [0, 0.05) is 0 Å². The van der Waals surface area contributed by atoms with Gasteiger partial charge in [-0.1, -0.05) is 24.3 Å². The van der Waals surface area contributed by atoms with Gasteiger partial charge >= 0.3 is 0 Å². The molecule has 0 unspecified atom stereocenters. The van der Waals surface area contributed by atoms with Gasteiger partial charge in [0.2, 0.25) is 0 Å². The lowest BCUT2D eigenvalue weighted by molar-refractivity contribution is 0.462. The molecule has 0 aromatic heterocycles. The molecule has 0 spiro atoms. The van der Waals surface area contributed by atoms with Crippen molar-refractivity contribution in [2.75, 3.05) is 0 Å². The Bertz CT molecular complexity index is 1000. The summed E-state index contributed by atoms with van der Waals surface area (Å²) in [5.74, 6) is 4.69. The summed E-state index contributed by atoms with van der Waals surface area (Å²) >= 11 is 4.52. The predicted molar refractivity (Wildman–Crippen MR) is 131 cm³/mol. The van der Waals surface area contributed by atoms with Crippen LogP contribution in [-0.4, -0.2) is 0 Å². The average molecular weight is 606 g/mol. The molecule has 0 bridgehead atoms. The summed E-state index contributed by atoms with van der Waals surface area (Å²) in [4.78, 5) is 0. The Morgan fingerprint density at radius 3 is 1.03 bits per heavy atom. The smallest absolute Gasteiger partial charge is 0.140 e. The van der Waals surface area contributed by atoms with Crippen LogP contribution >= 0.6 is 45.2 Å². The van der Waals surface area contributed by atoms with E-state index in [4.69, 9.17) is 14.2 Å². The average Bonchev–Trinajstić information content (AvgIpc) is 2.74. The first kappa shape index (κ1) is 20.0. The molecule has 4 aromatic carbocycles. The van der Waals surface area contributed by atoms with Gasteiger partial charge < -0.3 is 14.2 Å². The van der Waals surface area contributed by atoms with E-state index in [1.165, 1.54) is 0 Å². The van der Waals surface area contributed by atoms with E-state index >= 15 is 0 Å². The zero-order valence-electron chi connectivity index (χ0n) is 15.2. The maximum absolute atomic E-state index is 5.92. The molecule has 3 nitrogen and oxygen atoms in total. The Balaban J connectivity index is 1.39. The Morgan fingerprint density at radius 1 is 0.379 bits per heavy atom. The molecule has 5 heteroatoms. The van der Waals surface area contributed by atoms with Crippen LogP contribution in [0.3, 0.4) is 0 Å².